The van der Waals surface area contributed by atoms with Gasteiger partial charge in [0, 0.05) is 42.8 Å². The number of rotatable bonds is 2. The maximum absolute atomic E-state index is 13.3. The Balaban J connectivity index is 1.64. The van der Waals surface area contributed by atoms with E-state index >= 15 is 0 Å². The number of amides is 1. The lowest BCUT2D eigenvalue weighted by atomic mass is 9.86. The minimum atomic E-state index is -2.58. The molecule has 1 aromatic rings. The van der Waals surface area contributed by atoms with E-state index in [-0.39, 0.29) is 24.7 Å². The highest BCUT2D eigenvalue weighted by Gasteiger charge is 2.41. The topological polar surface area (TPSA) is 20.3 Å². The first-order chi connectivity index (χ1) is 10.9. The van der Waals surface area contributed by atoms with Gasteiger partial charge in [-0.05, 0) is 36.5 Å². The first kappa shape index (κ1) is 16.7. The van der Waals surface area contributed by atoms with Crippen LogP contribution in [-0.4, -0.2) is 29.8 Å². The van der Waals surface area contributed by atoms with Gasteiger partial charge in [0.2, 0.25) is 11.8 Å². The number of hydrogen-bond acceptors (Lipinski definition) is 1. The Morgan fingerprint density at radius 2 is 1.78 bits per heavy atom. The quantitative estimate of drug-likeness (QED) is 0.761. The third kappa shape index (κ3) is 3.68. The summed E-state index contributed by atoms with van der Waals surface area (Å²) < 4.78 is 26.5. The lowest BCUT2D eigenvalue weighted by Crippen LogP contribution is -2.38. The van der Waals surface area contributed by atoms with Crippen molar-refractivity contribution >= 4 is 17.5 Å². The molecular formula is C18H22ClF2NO. The molecule has 0 spiro atoms. The highest BCUT2D eigenvalue weighted by Crippen LogP contribution is 2.39. The van der Waals surface area contributed by atoms with Gasteiger partial charge in [0.25, 0.3) is 0 Å². The molecule has 1 aliphatic heterocycles. The summed E-state index contributed by atoms with van der Waals surface area (Å²) in [6.07, 6.45) is 0.297. The van der Waals surface area contributed by atoms with Gasteiger partial charge in [0.1, 0.15) is 0 Å². The number of hydrogen-bond donors (Lipinski definition) is 0. The van der Waals surface area contributed by atoms with Crippen LogP contribution in [0.5, 0.6) is 0 Å². The van der Waals surface area contributed by atoms with Crippen molar-refractivity contribution in [2.75, 3.05) is 13.1 Å². The van der Waals surface area contributed by atoms with Crippen LogP contribution in [0.25, 0.3) is 0 Å². The largest absolute Gasteiger partial charge is 0.342 e. The number of benzene rings is 1. The monoisotopic (exact) mass is 341 g/mol. The fourth-order valence-corrected chi connectivity index (χ4v) is 3.96. The Morgan fingerprint density at radius 3 is 2.39 bits per heavy atom. The predicted octanol–water partition coefficient (Wildman–Crippen LogP) is 4.73. The third-order valence-corrected chi connectivity index (χ3v) is 5.54. The van der Waals surface area contributed by atoms with E-state index in [4.69, 9.17) is 11.6 Å². The molecule has 1 amide bonds. The molecule has 1 saturated carbocycles. The Bertz CT molecular complexity index is 565. The predicted molar refractivity (Wildman–Crippen MR) is 86.8 cm³/mol. The van der Waals surface area contributed by atoms with Gasteiger partial charge in [-0.2, -0.15) is 0 Å². The summed E-state index contributed by atoms with van der Waals surface area (Å²) in [5, 5.41) is 0.704. The SMILES string of the molecule is C[C@@H]1CN(C(=O)C2CCC(F)(F)CC2)C[C@H]1c1ccc(Cl)cc1. The number of halogens is 3. The van der Waals surface area contributed by atoms with E-state index < -0.39 is 5.92 Å². The molecule has 5 heteroatoms. The maximum Gasteiger partial charge on any atom is 0.248 e. The number of alkyl halides is 2. The first-order valence-corrected chi connectivity index (χ1v) is 8.65. The van der Waals surface area contributed by atoms with Gasteiger partial charge < -0.3 is 4.90 Å². The van der Waals surface area contributed by atoms with Crippen molar-refractivity contribution in [2.24, 2.45) is 11.8 Å². The normalized spacial score (nSPS) is 28.1. The van der Waals surface area contributed by atoms with Crippen molar-refractivity contribution in [3.63, 3.8) is 0 Å². The van der Waals surface area contributed by atoms with Crippen molar-refractivity contribution in [3.05, 3.63) is 34.9 Å². The average molecular weight is 342 g/mol. The summed E-state index contributed by atoms with van der Waals surface area (Å²) >= 11 is 5.93. The number of carbonyl (C=O) groups is 1. The number of carbonyl (C=O) groups excluding carboxylic acids is 1. The Hall–Kier alpha value is -1.16. The highest BCUT2D eigenvalue weighted by molar-refractivity contribution is 6.30. The Morgan fingerprint density at radius 1 is 1.17 bits per heavy atom. The fraction of sp³-hybridized carbons (Fsp3) is 0.611. The average Bonchev–Trinajstić information content (AvgIpc) is 2.89. The molecule has 2 aliphatic rings. The van der Waals surface area contributed by atoms with Crippen LogP contribution in [-0.2, 0) is 4.79 Å². The first-order valence-electron chi connectivity index (χ1n) is 8.28. The molecule has 2 fully saturated rings. The van der Waals surface area contributed by atoms with Crippen LogP contribution in [0.1, 0.15) is 44.1 Å². The molecule has 2 atom stereocenters. The molecular weight excluding hydrogens is 320 g/mol. The lowest BCUT2D eigenvalue weighted by Gasteiger charge is -2.30. The zero-order valence-electron chi connectivity index (χ0n) is 13.3. The van der Waals surface area contributed by atoms with E-state index in [1.54, 1.807) is 0 Å². The molecule has 0 unspecified atom stereocenters. The van der Waals surface area contributed by atoms with E-state index in [0.29, 0.717) is 42.8 Å². The lowest BCUT2D eigenvalue weighted by molar-refractivity contribution is -0.138. The summed E-state index contributed by atoms with van der Waals surface area (Å²) in [4.78, 5) is 14.5. The molecule has 0 bridgehead atoms. The van der Waals surface area contributed by atoms with Crippen molar-refractivity contribution < 1.29 is 13.6 Å². The van der Waals surface area contributed by atoms with Crippen LogP contribution in [0.4, 0.5) is 8.78 Å². The summed E-state index contributed by atoms with van der Waals surface area (Å²) in [6, 6.07) is 7.77. The molecule has 0 aromatic heterocycles. The van der Waals surface area contributed by atoms with Gasteiger partial charge in [0.05, 0.1) is 0 Å². The second-order valence-electron chi connectivity index (χ2n) is 7.01. The van der Waals surface area contributed by atoms with E-state index in [1.807, 2.05) is 29.2 Å². The molecule has 3 rings (SSSR count). The molecule has 1 aromatic carbocycles. The fourth-order valence-electron chi connectivity index (χ4n) is 3.84. The number of likely N-dealkylation sites (tertiary alicyclic amines) is 1. The smallest absolute Gasteiger partial charge is 0.248 e. The molecule has 2 nitrogen and oxygen atoms in total. The van der Waals surface area contributed by atoms with Crippen LogP contribution >= 0.6 is 11.6 Å². The minimum absolute atomic E-state index is 0.0591. The van der Waals surface area contributed by atoms with Gasteiger partial charge in [-0.15, -0.1) is 0 Å². The Labute approximate surface area is 140 Å². The van der Waals surface area contributed by atoms with Crippen molar-refractivity contribution in [3.8, 4) is 0 Å². The molecule has 1 saturated heterocycles. The summed E-state index contributed by atoms with van der Waals surface area (Å²) in [5.41, 5.74) is 1.19. The van der Waals surface area contributed by atoms with Gasteiger partial charge in [0.15, 0.2) is 0 Å². The van der Waals surface area contributed by atoms with Crippen LogP contribution < -0.4 is 0 Å². The third-order valence-electron chi connectivity index (χ3n) is 5.29. The zero-order valence-corrected chi connectivity index (χ0v) is 14.0. The van der Waals surface area contributed by atoms with Crippen molar-refractivity contribution in [1.29, 1.82) is 0 Å². The van der Waals surface area contributed by atoms with Crippen LogP contribution in [0.3, 0.4) is 0 Å². The molecule has 0 radical (unpaired) electrons. The summed E-state index contributed by atoms with van der Waals surface area (Å²) in [6.45, 7) is 3.52. The summed E-state index contributed by atoms with van der Waals surface area (Å²) in [7, 11) is 0. The minimum Gasteiger partial charge on any atom is -0.342 e. The second kappa shape index (κ2) is 6.39. The van der Waals surface area contributed by atoms with Crippen LogP contribution in [0, 0.1) is 11.8 Å². The van der Waals surface area contributed by atoms with Crippen molar-refractivity contribution in [1.82, 2.24) is 4.90 Å². The zero-order chi connectivity index (χ0) is 16.6. The van der Waals surface area contributed by atoms with E-state index in [0.717, 1.165) is 0 Å². The Kier molecular flexibility index (Phi) is 4.63. The number of nitrogens with zero attached hydrogens (tertiary/aromatic N) is 1. The van der Waals surface area contributed by atoms with Crippen LogP contribution in [0.15, 0.2) is 24.3 Å². The molecule has 1 aliphatic carbocycles. The van der Waals surface area contributed by atoms with Crippen LogP contribution in [0.2, 0.25) is 5.02 Å². The van der Waals surface area contributed by atoms with Crippen molar-refractivity contribution in [2.45, 2.75) is 44.4 Å². The highest BCUT2D eigenvalue weighted by atomic mass is 35.5. The van der Waals surface area contributed by atoms with Gasteiger partial charge in [-0.1, -0.05) is 30.7 Å². The van der Waals surface area contributed by atoms with Gasteiger partial charge >= 0.3 is 0 Å². The maximum atomic E-state index is 13.3. The molecule has 23 heavy (non-hydrogen) atoms. The van der Waals surface area contributed by atoms with Gasteiger partial charge in [-0.3, -0.25) is 4.79 Å². The summed E-state index contributed by atoms with van der Waals surface area (Å²) in [5.74, 6) is -2.10. The molecule has 1 heterocycles. The standard InChI is InChI=1S/C18H22ClF2NO/c1-12-10-22(11-16(12)13-2-4-15(19)5-3-13)17(23)14-6-8-18(20,21)9-7-14/h2-5,12,14,16H,6-11H2,1H3/t12-,16-/m1/s1. The van der Waals surface area contributed by atoms with E-state index in [1.165, 1.54) is 5.56 Å². The van der Waals surface area contributed by atoms with E-state index in [2.05, 4.69) is 6.92 Å². The van der Waals surface area contributed by atoms with Gasteiger partial charge in [-0.25, -0.2) is 8.78 Å². The second-order valence-corrected chi connectivity index (χ2v) is 7.45. The molecule has 126 valence electrons. The van der Waals surface area contributed by atoms with E-state index in [9.17, 15) is 13.6 Å². The molecule has 0 N–H and O–H groups in total.